The summed E-state index contributed by atoms with van der Waals surface area (Å²) in [6.07, 6.45) is -0.383. The molecule has 4 N–H and O–H groups in total. The van der Waals surface area contributed by atoms with E-state index < -0.39 is 29.2 Å². The number of carbonyl (C=O) groups is 2. The highest BCUT2D eigenvalue weighted by molar-refractivity contribution is 5.76. The molecule has 0 radical (unpaired) electrons. The van der Waals surface area contributed by atoms with Crippen molar-refractivity contribution in [2.45, 2.75) is 32.3 Å². The molecule has 3 rings (SSSR count). The lowest BCUT2D eigenvalue weighted by Gasteiger charge is -2.19. The van der Waals surface area contributed by atoms with Crippen molar-refractivity contribution in [3.63, 3.8) is 0 Å². The number of rotatable bonds is 10. The Bertz CT molecular complexity index is 1150. The number of ether oxygens (including phenoxy) is 2. The zero-order valence-electron chi connectivity index (χ0n) is 17.5. The highest BCUT2D eigenvalue weighted by Crippen LogP contribution is 2.34. The van der Waals surface area contributed by atoms with Crippen molar-refractivity contribution in [3.8, 4) is 5.75 Å². The van der Waals surface area contributed by atoms with Gasteiger partial charge in [0.15, 0.2) is 0 Å². The van der Waals surface area contributed by atoms with Crippen molar-refractivity contribution in [1.82, 2.24) is 10.2 Å². The fraction of sp³-hybridized carbons (Fsp3) is 0.261. The van der Waals surface area contributed by atoms with Gasteiger partial charge in [0.1, 0.15) is 18.2 Å². The highest BCUT2D eigenvalue weighted by Gasteiger charge is 2.28. The molecule has 8 nitrogen and oxygen atoms in total. The van der Waals surface area contributed by atoms with Gasteiger partial charge in [0.05, 0.1) is 18.7 Å². The van der Waals surface area contributed by atoms with Crippen molar-refractivity contribution >= 4 is 11.9 Å². The number of aromatic nitrogens is 2. The first kappa shape index (κ1) is 22.8. The summed E-state index contributed by atoms with van der Waals surface area (Å²) in [5.74, 6) is -1.99. The summed E-state index contributed by atoms with van der Waals surface area (Å²) in [5.41, 5.74) is 6.35. The van der Waals surface area contributed by atoms with Gasteiger partial charge in [-0.3, -0.25) is 19.5 Å². The van der Waals surface area contributed by atoms with Crippen LogP contribution in [0, 0.1) is 5.82 Å². The monoisotopic (exact) mass is 441 g/mol. The van der Waals surface area contributed by atoms with Gasteiger partial charge in [-0.25, -0.2) is 4.39 Å². The quantitative estimate of drug-likeness (QED) is 0.417. The Morgan fingerprint density at radius 1 is 1.09 bits per heavy atom. The maximum absolute atomic E-state index is 14.0. The van der Waals surface area contributed by atoms with Gasteiger partial charge < -0.3 is 20.3 Å². The molecule has 1 unspecified atom stereocenters. The maximum Gasteiger partial charge on any atom is 0.311 e. The minimum Gasteiger partial charge on any atom is -0.488 e. The molecule has 1 amide bonds. The molecule has 1 aromatic heterocycles. The SMILES string of the molecule is CCOC(=O)Cc1[nH][nH]c(=O)c1C(CC(N)=O)c1ccccc1OCc1ccccc1F. The third-order valence-corrected chi connectivity index (χ3v) is 4.91. The van der Waals surface area contributed by atoms with Gasteiger partial charge in [0.25, 0.3) is 5.56 Å². The van der Waals surface area contributed by atoms with Crippen molar-refractivity contribution in [3.05, 3.63) is 87.1 Å². The lowest BCUT2D eigenvalue weighted by atomic mass is 9.87. The number of H-pyrrole nitrogens is 2. The van der Waals surface area contributed by atoms with Crippen molar-refractivity contribution in [1.29, 1.82) is 0 Å². The van der Waals surface area contributed by atoms with Crippen LogP contribution < -0.4 is 16.0 Å². The van der Waals surface area contributed by atoms with Crippen LogP contribution in [0.3, 0.4) is 0 Å². The molecule has 9 heteroatoms. The van der Waals surface area contributed by atoms with Crippen LogP contribution in [0.15, 0.2) is 53.3 Å². The van der Waals surface area contributed by atoms with E-state index in [2.05, 4.69) is 10.2 Å². The Hall–Kier alpha value is -3.88. The van der Waals surface area contributed by atoms with Crippen LogP contribution in [0.25, 0.3) is 0 Å². The third-order valence-electron chi connectivity index (χ3n) is 4.91. The van der Waals surface area contributed by atoms with E-state index in [1.54, 1.807) is 49.4 Å². The van der Waals surface area contributed by atoms with Crippen LogP contribution in [0.5, 0.6) is 5.75 Å². The standard InChI is InChI=1S/C23H24FN3O5/c1-2-31-21(29)12-18-22(23(30)27-26-18)16(11-20(25)28)15-8-4-6-10-19(15)32-13-14-7-3-5-9-17(14)24/h3-10,16H,2,11-13H2,1H3,(H2,25,28)(H2,26,27,30). The van der Waals surface area contributed by atoms with Crippen LogP contribution in [0.2, 0.25) is 0 Å². The number of amides is 1. The summed E-state index contributed by atoms with van der Waals surface area (Å²) in [6, 6.07) is 13.0. The molecule has 3 aromatic rings. The third kappa shape index (κ3) is 5.42. The lowest BCUT2D eigenvalue weighted by molar-refractivity contribution is -0.142. The number of aromatic amines is 2. The van der Waals surface area contributed by atoms with E-state index >= 15 is 0 Å². The molecule has 0 saturated heterocycles. The topological polar surface area (TPSA) is 127 Å². The predicted octanol–water partition coefficient (Wildman–Crippen LogP) is 2.53. The van der Waals surface area contributed by atoms with Gasteiger partial charge in [0.2, 0.25) is 5.91 Å². The number of nitrogens with one attached hydrogen (secondary N) is 2. The zero-order chi connectivity index (χ0) is 23.1. The molecule has 0 spiro atoms. The van der Waals surface area contributed by atoms with Crippen LogP contribution in [-0.2, 0) is 27.4 Å². The molecule has 0 aliphatic heterocycles. The average Bonchev–Trinajstić information content (AvgIpc) is 3.11. The normalized spacial score (nSPS) is 11.7. The molecular weight excluding hydrogens is 417 g/mol. The van der Waals surface area contributed by atoms with Crippen molar-refractivity contribution in [2.75, 3.05) is 6.61 Å². The summed E-state index contributed by atoms with van der Waals surface area (Å²) in [6.45, 7) is 1.82. The van der Waals surface area contributed by atoms with Crippen molar-refractivity contribution in [2.24, 2.45) is 5.73 Å². The van der Waals surface area contributed by atoms with E-state index in [0.29, 0.717) is 22.6 Å². The van der Waals surface area contributed by atoms with Crippen LogP contribution in [0.4, 0.5) is 4.39 Å². The van der Waals surface area contributed by atoms with E-state index in [-0.39, 0.29) is 31.6 Å². The molecule has 168 valence electrons. The van der Waals surface area contributed by atoms with Gasteiger partial charge in [-0.2, -0.15) is 0 Å². The second-order valence-corrected chi connectivity index (χ2v) is 7.09. The number of carbonyl (C=O) groups excluding carboxylic acids is 2. The summed E-state index contributed by atoms with van der Waals surface area (Å²) in [5, 5.41) is 5.15. The fourth-order valence-corrected chi connectivity index (χ4v) is 3.51. The molecule has 2 aromatic carbocycles. The maximum atomic E-state index is 14.0. The number of nitrogens with two attached hydrogens (primary N) is 1. The van der Waals surface area contributed by atoms with E-state index in [1.165, 1.54) is 6.07 Å². The van der Waals surface area contributed by atoms with Crippen LogP contribution >= 0.6 is 0 Å². The Kier molecular flexibility index (Phi) is 7.43. The Morgan fingerprint density at radius 2 is 1.81 bits per heavy atom. The van der Waals surface area contributed by atoms with Crippen LogP contribution in [-0.4, -0.2) is 28.7 Å². The molecule has 0 fully saturated rings. The number of halogens is 1. The molecule has 0 aliphatic carbocycles. The van der Waals surface area contributed by atoms with Gasteiger partial charge in [-0.05, 0) is 19.1 Å². The predicted molar refractivity (Wildman–Crippen MR) is 115 cm³/mol. The molecule has 1 atom stereocenters. The number of hydrogen-bond donors (Lipinski definition) is 3. The fourth-order valence-electron chi connectivity index (χ4n) is 3.51. The summed E-state index contributed by atoms with van der Waals surface area (Å²) in [7, 11) is 0. The second-order valence-electron chi connectivity index (χ2n) is 7.09. The first-order valence-corrected chi connectivity index (χ1v) is 10.1. The lowest BCUT2D eigenvalue weighted by Crippen LogP contribution is -2.22. The Morgan fingerprint density at radius 3 is 2.53 bits per heavy atom. The van der Waals surface area contributed by atoms with E-state index in [1.807, 2.05) is 0 Å². The minimum absolute atomic E-state index is 0.0494. The number of benzene rings is 2. The zero-order valence-corrected chi connectivity index (χ0v) is 17.5. The number of hydrogen-bond acceptors (Lipinski definition) is 5. The molecule has 0 saturated carbocycles. The molecule has 0 aliphatic rings. The van der Waals surface area contributed by atoms with E-state index in [4.69, 9.17) is 15.2 Å². The molecule has 32 heavy (non-hydrogen) atoms. The Balaban J connectivity index is 1.99. The van der Waals surface area contributed by atoms with Crippen molar-refractivity contribution < 1.29 is 23.5 Å². The Labute approximate surface area is 183 Å². The van der Waals surface area contributed by atoms with Gasteiger partial charge in [-0.15, -0.1) is 0 Å². The number of para-hydroxylation sites is 1. The molecular formula is C23H24FN3O5. The van der Waals surface area contributed by atoms with Gasteiger partial charge >= 0.3 is 5.97 Å². The summed E-state index contributed by atoms with van der Waals surface area (Å²) < 4.78 is 24.8. The summed E-state index contributed by atoms with van der Waals surface area (Å²) >= 11 is 0. The van der Waals surface area contributed by atoms with Gasteiger partial charge in [-0.1, -0.05) is 36.4 Å². The highest BCUT2D eigenvalue weighted by atomic mass is 19.1. The van der Waals surface area contributed by atoms with Gasteiger partial charge in [0, 0.05) is 29.0 Å². The number of primary amides is 1. The number of esters is 1. The molecule has 0 bridgehead atoms. The first-order chi connectivity index (χ1) is 15.4. The van der Waals surface area contributed by atoms with E-state index in [9.17, 15) is 18.8 Å². The average molecular weight is 441 g/mol. The van der Waals surface area contributed by atoms with Crippen LogP contribution in [0.1, 0.15) is 41.6 Å². The smallest absolute Gasteiger partial charge is 0.311 e. The summed E-state index contributed by atoms with van der Waals surface area (Å²) in [4.78, 5) is 36.5. The molecule has 1 heterocycles. The minimum atomic E-state index is -0.788. The largest absolute Gasteiger partial charge is 0.488 e. The second kappa shape index (κ2) is 10.4. The van der Waals surface area contributed by atoms with E-state index in [0.717, 1.165) is 0 Å². The first-order valence-electron chi connectivity index (χ1n) is 10.1.